The molecule has 96 valence electrons. The van der Waals surface area contributed by atoms with Crippen LogP contribution in [0.1, 0.15) is 19.4 Å². The standard InChI is InChI=1S/C11H15N5O2/c1-5-2-7(6(5)3-17)16-4-13-8-9(16)14-11(12)15-10(8)18/h4-7,17H,2-3H2,1H3,(H3,12,14,15,18). The number of aliphatic hydroxyl groups is 1. The Kier molecular flexibility index (Phi) is 2.37. The van der Waals surface area contributed by atoms with Crippen LogP contribution in [0.5, 0.6) is 0 Å². The molecular weight excluding hydrogens is 234 g/mol. The highest BCUT2D eigenvalue weighted by atomic mass is 16.3. The van der Waals surface area contributed by atoms with E-state index in [-0.39, 0.29) is 30.1 Å². The van der Waals surface area contributed by atoms with E-state index in [2.05, 4.69) is 21.9 Å². The van der Waals surface area contributed by atoms with Crippen molar-refractivity contribution in [2.75, 3.05) is 12.3 Å². The second-order valence-electron chi connectivity index (χ2n) is 4.90. The third kappa shape index (κ3) is 1.43. The van der Waals surface area contributed by atoms with Crippen molar-refractivity contribution in [3.8, 4) is 0 Å². The number of hydrogen-bond donors (Lipinski definition) is 3. The first kappa shape index (κ1) is 11.2. The fraction of sp³-hybridized carbons (Fsp3) is 0.545. The SMILES string of the molecule is CC1CC(n2cnc3c(=O)[nH]c(N)nc32)C1CO. The smallest absolute Gasteiger partial charge is 0.280 e. The summed E-state index contributed by atoms with van der Waals surface area (Å²) in [6, 6.07) is 0.142. The fourth-order valence-electron chi connectivity index (χ4n) is 2.72. The van der Waals surface area contributed by atoms with Crippen LogP contribution in [0.2, 0.25) is 0 Å². The quantitative estimate of drug-likeness (QED) is 0.688. The van der Waals surface area contributed by atoms with Gasteiger partial charge in [-0.2, -0.15) is 4.98 Å². The maximum atomic E-state index is 11.7. The van der Waals surface area contributed by atoms with E-state index in [1.54, 1.807) is 6.33 Å². The number of imidazole rings is 1. The van der Waals surface area contributed by atoms with Crippen molar-refractivity contribution in [1.29, 1.82) is 0 Å². The molecule has 1 saturated carbocycles. The lowest BCUT2D eigenvalue weighted by Gasteiger charge is -2.42. The zero-order chi connectivity index (χ0) is 12.9. The Morgan fingerprint density at radius 2 is 2.44 bits per heavy atom. The van der Waals surface area contributed by atoms with Crippen molar-refractivity contribution >= 4 is 17.1 Å². The molecule has 0 spiro atoms. The minimum Gasteiger partial charge on any atom is -0.396 e. The summed E-state index contributed by atoms with van der Waals surface area (Å²) < 4.78 is 1.85. The molecule has 18 heavy (non-hydrogen) atoms. The molecule has 7 nitrogen and oxygen atoms in total. The van der Waals surface area contributed by atoms with E-state index in [0.29, 0.717) is 17.1 Å². The van der Waals surface area contributed by atoms with Gasteiger partial charge in [-0.05, 0) is 12.3 Å². The van der Waals surface area contributed by atoms with Crippen LogP contribution in [0.25, 0.3) is 11.2 Å². The molecule has 0 radical (unpaired) electrons. The van der Waals surface area contributed by atoms with Crippen LogP contribution < -0.4 is 11.3 Å². The summed E-state index contributed by atoms with van der Waals surface area (Å²) in [4.78, 5) is 22.3. The molecule has 0 saturated heterocycles. The second kappa shape index (κ2) is 3.81. The van der Waals surface area contributed by atoms with E-state index in [1.165, 1.54) is 0 Å². The van der Waals surface area contributed by atoms with Gasteiger partial charge < -0.3 is 15.4 Å². The van der Waals surface area contributed by atoms with Gasteiger partial charge in [0.2, 0.25) is 5.95 Å². The Morgan fingerprint density at radius 1 is 1.67 bits per heavy atom. The highest BCUT2D eigenvalue weighted by Gasteiger charge is 2.39. The molecule has 4 N–H and O–H groups in total. The van der Waals surface area contributed by atoms with Gasteiger partial charge in [0.15, 0.2) is 11.2 Å². The number of nitrogens with one attached hydrogen (secondary N) is 1. The average molecular weight is 249 g/mol. The summed E-state index contributed by atoms with van der Waals surface area (Å²) >= 11 is 0. The average Bonchev–Trinajstić information content (AvgIpc) is 2.69. The Labute approximate surface area is 103 Å². The van der Waals surface area contributed by atoms with Crippen molar-refractivity contribution in [3.05, 3.63) is 16.7 Å². The van der Waals surface area contributed by atoms with E-state index >= 15 is 0 Å². The zero-order valence-electron chi connectivity index (χ0n) is 10.00. The van der Waals surface area contributed by atoms with Gasteiger partial charge in [0, 0.05) is 18.6 Å². The molecule has 1 aliphatic rings. The van der Waals surface area contributed by atoms with Gasteiger partial charge in [-0.15, -0.1) is 0 Å². The predicted octanol–water partition coefficient (Wildman–Crippen LogP) is -0.109. The lowest BCUT2D eigenvalue weighted by atomic mass is 9.70. The maximum Gasteiger partial charge on any atom is 0.280 e. The van der Waals surface area contributed by atoms with Gasteiger partial charge in [0.25, 0.3) is 5.56 Å². The summed E-state index contributed by atoms with van der Waals surface area (Å²) in [6.45, 7) is 2.23. The number of nitrogens with two attached hydrogens (primary N) is 1. The Bertz CT molecular complexity index is 646. The molecule has 0 aliphatic heterocycles. The van der Waals surface area contributed by atoms with Crippen LogP contribution in [0.15, 0.2) is 11.1 Å². The molecule has 3 rings (SSSR count). The number of hydrogen-bond acceptors (Lipinski definition) is 5. The molecule has 2 heterocycles. The molecule has 0 amide bonds. The molecule has 1 aliphatic carbocycles. The van der Waals surface area contributed by atoms with Crippen molar-refractivity contribution in [3.63, 3.8) is 0 Å². The molecule has 7 heteroatoms. The van der Waals surface area contributed by atoms with Crippen LogP contribution in [-0.2, 0) is 0 Å². The van der Waals surface area contributed by atoms with Crippen molar-refractivity contribution in [2.45, 2.75) is 19.4 Å². The normalized spacial score (nSPS) is 27.3. The lowest BCUT2D eigenvalue weighted by Crippen LogP contribution is -2.39. The number of nitrogens with zero attached hydrogens (tertiary/aromatic N) is 3. The summed E-state index contributed by atoms with van der Waals surface area (Å²) in [5, 5.41) is 9.36. The van der Waals surface area contributed by atoms with E-state index < -0.39 is 0 Å². The van der Waals surface area contributed by atoms with Crippen molar-refractivity contribution < 1.29 is 5.11 Å². The number of aromatic nitrogens is 4. The monoisotopic (exact) mass is 249 g/mol. The predicted molar refractivity (Wildman–Crippen MR) is 66.0 cm³/mol. The third-order valence-electron chi connectivity index (χ3n) is 3.86. The molecule has 1 fully saturated rings. The number of H-pyrrole nitrogens is 1. The van der Waals surface area contributed by atoms with Crippen LogP contribution in [0, 0.1) is 11.8 Å². The number of aliphatic hydroxyl groups excluding tert-OH is 1. The van der Waals surface area contributed by atoms with Crippen molar-refractivity contribution in [2.24, 2.45) is 11.8 Å². The van der Waals surface area contributed by atoms with Gasteiger partial charge >= 0.3 is 0 Å². The van der Waals surface area contributed by atoms with E-state index in [9.17, 15) is 9.90 Å². The Hall–Kier alpha value is -1.89. The summed E-state index contributed by atoms with van der Waals surface area (Å²) in [5.41, 5.74) is 6.00. The first-order valence-electron chi connectivity index (χ1n) is 5.95. The highest BCUT2D eigenvalue weighted by Crippen LogP contribution is 2.44. The van der Waals surface area contributed by atoms with E-state index in [4.69, 9.17) is 5.73 Å². The number of rotatable bonds is 2. The topological polar surface area (TPSA) is 110 Å². The number of fused-ring (bicyclic) bond motifs is 1. The van der Waals surface area contributed by atoms with E-state index in [1.807, 2.05) is 4.57 Å². The largest absolute Gasteiger partial charge is 0.396 e. The molecule has 3 atom stereocenters. The molecule has 2 aromatic rings. The number of nitrogen functional groups attached to an aromatic ring is 1. The van der Waals surface area contributed by atoms with Gasteiger partial charge in [0.1, 0.15) is 0 Å². The summed E-state index contributed by atoms with van der Waals surface area (Å²) in [5.74, 6) is 0.740. The minimum atomic E-state index is -0.329. The second-order valence-corrected chi connectivity index (χ2v) is 4.90. The maximum absolute atomic E-state index is 11.7. The van der Waals surface area contributed by atoms with Crippen LogP contribution in [0.4, 0.5) is 5.95 Å². The van der Waals surface area contributed by atoms with Crippen LogP contribution in [-0.4, -0.2) is 31.2 Å². The Morgan fingerprint density at radius 3 is 3.11 bits per heavy atom. The number of aromatic amines is 1. The first-order chi connectivity index (χ1) is 8.61. The minimum absolute atomic E-state index is 0.0853. The van der Waals surface area contributed by atoms with Crippen LogP contribution >= 0.6 is 0 Å². The molecule has 3 unspecified atom stereocenters. The lowest BCUT2D eigenvalue weighted by molar-refractivity contribution is 0.0387. The van der Waals surface area contributed by atoms with Gasteiger partial charge in [0.05, 0.1) is 6.33 Å². The van der Waals surface area contributed by atoms with E-state index in [0.717, 1.165) is 6.42 Å². The number of anilines is 1. The molecule has 2 aromatic heterocycles. The molecule has 0 aromatic carbocycles. The highest BCUT2D eigenvalue weighted by molar-refractivity contribution is 5.70. The van der Waals surface area contributed by atoms with Gasteiger partial charge in [-0.25, -0.2) is 4.98 Å². The first-order valence-corrected chi connectivity index (χ1v) is 5.95. The molecule has 0 bridgehead atoms. The summed E-state index contributed by atoms with van der Waals surface area (Å²) in [6.07, 6.45) is 2.55. The summed E-state index contributed by atoms with van der Waals surface area (Å²) in [7, 11) is 0. The van der Waals surface area contributed by atoms with Crippen molar-refractivity contribution in [1.82, 2.24) is 19.5 Å². The third-order valence-corrected chi connectivity index (χ3v) is 3.86. The van der Waals surface area contributed by atoms with Gasteiger partial charge in [-0.3, -0.25) is 9.78 Å². The fourth-order valence-corrected chi connectivity index (χ4v) is 2.72. The van der Waals surface area contributed by atoms with Gasteiger partial charge in [-0.1, -0.05) is 6.92 Å². The Balaban J connectivity index is 2.11. The molecular formula is C11H15N5O2. The van der Waals surface area contributed by atoms with Crippen LogP contribution in [0.3, 0.4) is 0 Å². The zero-order valence-corrected chi connectivity index (χ0v) is 10.00.